The zero-order valence-corrected chi connectivity index (χ0v) is 16.3. The number of piperidine rings is 1. The molecule has 1 aromatic heterocycles. The van der Waals surface area contributed by atoms with E-state index in [9.17, 15) is 4.79 Å². The Labute approximate surface area is 154 Å². The standard InChI is InChI=1S/C20H27N3OS/c1-13(2)14-5-7-15(8-6-14)18-22-16(11-25-18)19(24)23-10-9-17(21)20(3,4)12-23/h5-8,11,13,17H,9-10,12,21H2,1-4H3. The van der Waals surface area contributed by atoms with Crippen molar-refractivity contribution in [3.63, 3.8) is 0 Å². The van der Waals surface area contributed by atoms with Crippen LogP contribution in [0.2, 0.25) is 0 Å². The number of nitrogens with zero attached hydrogens (tertiary/aromatic N) is 2. The molecule has 1 aromatic carbocycles. The number of amides is 1. The number of nitrogens with two attached hydrogens (primary N) is 1. The molecule has 0 saturated carbocycles. The lowest BCUT2D eigenvalue weighted by Crippen LogP contribution is -2.54. The predicted molar refractivity (Wildman–Crippen MR) is 104 cm³/mol. The van der Waals surface area contributed by atoms with Crippen LogP contribution in [0.5, 0.6) is 0 Å². The van der Waals surface area contributed by atoms with E-state index < -0.39 is 0 Å². The first-order valence-corrected chi connectivity index (χ1v) is 9.76. The van der Waals surface area contributed by atoms with Gasteiger partial charge < -0.3 is 10.6 Å². The quantitative estimate of drug-likeness (QED) is 0.898. The third-order valence-electron chi connectivity index (χ3n) is 5.15. The molecule has 25 heavy (non-hydrogen) atoms. The maximum absolute atomic E-state index is 12.8. The molecule has 1 atom stereocenters. The van der Waals surface area contributed by atoms with Gasteiger partial charge in [-0.25, -0.2) is 4.98 Å². The monoisotopic (exact) mass is 357 g/mol. The molecule has 4 nitrogen and oxygen atoms in total. The van der Waals surface area contributed by atoms with Crippen molar-refractivity contribution in [1.29, 1.82) is 0 Å². The van der Waals surface area contributed by atoms with Gasteiger partial charge in [0.15, 0.2) is 0 Å². The van der Waals surface area contributed by atoms with Crippen molar-refractivity contribution in [3.8, 4) is 10.6 Å². The number of aromatic nitrogens is 1. The zero-order valence-electron chi connectivity index (χ0n) is 15.5. The van der Waals surface area contributed by atoms with Crippen molar-refractivity contribution in [1.82, 2.24) is 9.88 Å². The van der Waals surface area contributed by atoms with Crippen molar-refractivity contribution >= 4 is 17.2 Å². The molecular weight excluding hydrogens is 330 g/mol. The minimum atomic E-state index is -0.0561. The molecule has 1 amide bonds. The number of benzene rings is 1. The Morgan fingerprint density at radius 3 is 2.60 bits per heavy atom. The first-order valence-electron chi connectivity index (χ1n) is 8.88. The lowest BCUT2D eigenvalue weighted by molar-refractivity contribution is 0.0528. The topological polar surface area (TPSA) is 59.2 Å². The predicted octanol–water partition coefficient (Wildman–Crippen LogP) is 4.13. The van der Waals surface area contributed by atoms with E-state index in [0.29, 0.717) is 24.7 Å². The first-order chi connectivity index (χ1) is 11.8. The highest BCUT2D eigenvalue weighted by molar-refractivity contribution is 7.13. The van der Waals surface area contributed by atoms with Gasteiger partial charge in [-0.15, -0.1) is 11.3 Å². The number of hydrogen-bond donors (Lipinski definition) is 1. The summed E-state index contributed by atoms with van der Waals surface area (Å²) in [5, 5.41) is 2.77. The molecule has 1 aliphatic heterocycles. The van der Waals surface area contributed by atoms with E-state index in [0.717, 1.165) is 17.0 Å². The molecule has 0 radical (unpaired) electrons. The van der Waals surface area contributed by atoms with Gasteiger partial charge in [-0.05, 0) is 23.3 Å². The molecule has 1 saturated heterocycles. The summed E-state index contributed by atoms with van der Waals surface area (Å²) in [6, 6.07) is 8.59. The van der Waals surface area contributed by atoms with Crippen LogP contribution in [0, 0.1) is 5.41 Å². The van der Waals surface area contributed by atoms with Crippen molar-refractivity contribution in [2.24, 2.45) is 11.1 Å². The first kappa shape index (κ1) is 18.1. The smallest absolute Gasteiger partial charge is 0.273 e. The minimum Gasteiger partial charge on any atom is -0.337 e. The maximum atomic E-state index is 12.8. The van der Waals surface area contributed by atoms with Crippen molar-refractivity contribution < 1.29 is 4.79 Å². The van der Waals surface area contributed by atoms with Crippen LogP contribution in [0.4, 0.5) is 0 Å². The molecule has 2 N–H and O–H groups in total. The Balaban J connectivity index is 1.76. The van der Waals surface area contributed by atoms with Gasteiger partial charge in [0, 0.05) is 30.1 Å². The maximum Gasteiger partial charge on any atom is 0.273 e. The van der Waals surface area contributed by atoms with Gasteiger partial charge in [-0.2, -0.15) is 0 Å². The summed E-state index contributed by atoms with van der Waals surface area (Å²) in [6.45, 7) is 10.0. The van der Waals surface area contributed by atoms with E-state index in [1.165, 1.54) is 16.9 Å². The number of carbonyl (C=O) groups is 1. The lowest BCUT2D eigenvalue weighted by atomic mass is 9.79. The van der Waals surface area contributed by atoms with E-state index in [1.807, 2.05) is 10.3 Å². The van der Waals surface area contributed by atoms with Crippen LogP contribution in [0.1, 0.15) is 56.1 Å². The number of rotatable bonds is 3. The highest BCUT2D eigenvalue weighted by atomic mass is 32.1. The number of likely N-dealkylation sites (tertiary alicyclic amines) is 1. The molecule has 0 aliphatic carbocycles. The molecular formula is C20H27N3OS. The summed E-state index contributed by atoms with van der Waals surface area (Å²) in [5.41, 5.74) is 9.03. The summed E-state index contributed by atoms with van der Waals surface area (Å²) in [7, 11) is 0. The lowest BCUT2D eigenvalue weighted by Gasteiger charge is -2.42. The molecule has 134 valence electrons. The Morgan fingerprint density at radius 2 is 2.00 bits per heavy atom. The minimum absolute atomic E-state index is 0.0151. The molecule has 3 rings (SSSR count). The van der Waals surface area contributed by atoms with Gasteiger partial charge in [-0.1, -0.05) is 52.0 Å². The van der Waals surface area contributed by atoms with Crippen LogP contribution in [0.15, 0.2) is 29.6 Å². The molecule has 1 unspecified atom stereocenters. The van der Waals surface area contributed by atoms with Gasteiger partial charge in [-0.3, -0.25) is 4.79 Å². The van der Waals surface area contributed by atoms with Gasteiger partial charge in [0.1, 0.15) is 10.7 Å². The normalized spacial score (nSPS) is 20.1. The molecule has 0 spiro atoms. The summed E-state index contributed by atoms with van der Waals surface area (Å²) in [5.74, 6) is 0.526. The number of carbonyl (C=O) groups excluding carboxylic acids is 1. The number of hydrogen-bond acceptors (Lipinski definition) is 4. The van der Waals surface area contributed by atoms with Crippen LogP contribution in [-0.2, 0) is 0 Å². The second kappa shape index (κ2) is 6.89. The molecule has 2 aromatic rings. The molecule has 1 aliphatic rings. The van der Waals surface area contributed by atoms with Crippen molar-refractivity contribution in [2.75, 3.05) is 13.1 Å². The van der Waals surface area contributed by atoms with Crippen LogP contribution < -0.4 is 5.73 Å². The number of thiazole rings is 1. The third-order valence-corrected chi connectivity index (χ3v) is 6.04. The van der Waals surface area contributed by atoms with Crippen LogP contribution >= 0.6 is 11.3 Å². The molecule has 1 fully saturated rings. The SMILES string of the molecule is CC(C)c1ccc(-c2nc(C(=O)N3CCC(N)C(C)(C)C3)cs2)cc1. The van der Waals surface area contributed by atoms with Crippen LogP contribution in [0.3, 0.4) is 0 Å². The summed E-state index contributed by atoms with van der Waals surface area (Å²) >= 11 is 1.53. The van der Waals surface area contributed by atoms with Gasteiger partial charge in [0.25, 0.3) is 5.91 Å². The van der Waals surface area contributed by atoms with Gasteiger partial charge in [0.05, 0.1) is 0 Å². The average Bonchev–Trinajstić information content (AvgIpc) is 3.06. The van der Waals surface area contributed by atoms with E-state index in [-0.39, 0.29) is 17.4 Å². The Hall–Kier alpha value is -1.72. The fourth-order valence-corrected chi connectivity index (χ4v) is 4.02. The van der Waals surface area contributed by atoms with Crippen molar-refractivity contribution in [2.45, 2.75) is 46.1 Å². The highest BCUT2D eigenvalue weighted by Gasteiger charge is 2.36. The summed E-state index contributed by atoms with van der Waals surface area (Å²) in [4.78, 5) is 19.3. The van der Waals surface area contributed by atoms with E-state index in [4.69, 9.17) is 5.73 Å². The fraction of sp³-hybridized carbons (Fsp3) is 0.500. The summed E-state index contributed by atoms with van der Waals surface area (Å²) < 4.78 is 0. The summed E-state index contributed by atoms with van der Waals surface area (Å²) in [6.07, 6.45) is 0.840. The Kier molecular flexibility index (Phi) is 4.98. The largest absolute Gasteiger partial charge is 0.337 e. The van der Waals surface area contributed by atoms with Gasteiger partial charge in [0.2, 0.25) is 0 Å². The second-order valence-corrected chi connectivity index (χ2v) is 8.78. The second-order valence-electron chi connectivity index (χ2n) is 7.93. The Bertz CT molecular complexity index is 749. The molecule has 5 heteroatoms. The molecule has 0 bridgehead atoms. The fourth-order valence-electron chi connectivity index (χ4n) is 3.22. The zero-order chi connectivity index (χ0) is 18.2. The Morgan fingerprint density at radius 1 is 1.32 bits per heavy atom. The van der Waals surface area contributed by atoms with Crippen LogP contribution in [0.25, 0.3) is 10.6 Å². The van der Waals surface area contributed by atoms with E-state index in [2.05, 4.69) is 56.9 Å². The van der Waals surface area contributed by atoms with Crippen LogP contribution in [-0.4, -0.2) is 34.9 Å². The average molecular weight is 358 g/mol. The van der Waals surface area contributed by atoms with E-state index >= 15 is 0 Å². The van der Waals surface area contributed by atoms with Gasteiger partial charge >= 0.3 is 0 Å². The third kappa shape index (κ3) is 3.77. The molecule has 2 heterocycles. The highest BCUT2D eigenvalue weighted by Crippen LogP contribution is 2.30. The van der Waals surface area contributed by atoms with E-state index in [1.54, 1.807) is 0 Å². The van der Waals surface area contributed by atoms with Crippen molar-refractivity contribution in [3.05, 3.63) is 40.9 Å².